The van der Waals surface area contributed by atoms with Gasteiger partial charge in [-0.15, -0.1) is 0 Å². The predicted octanol–water partition coefficient (Wildman–Crippen LogP) is 3.72. The Bertz CT molecular complexity index is 458. The molecule has 0 spiro atoms. The quantitative estimate of drug-likeness (QED) is 0.623. The maximum atomic E-state index is 13.5. The highest BCUT2D eigenvalue weighted by Crippen LogP contribution is 2.36. The standard InChI is InChI=1S/C12H11F4N/c1-2-8(6-7-17)11-9(12(14,15)16)4-3-5-10(11)13/h2-7H,17H2,1H3/b7-6-,8-2+. The van der Waals surface area contributed by atoms with Crippen molar-refractivity contribution in [2.75, 3.05) is 0 Å². The van der Waals surface area contributed by atoms with Crippen LogP contribution in [-0.4, -0.2) is 0 Å². The maximum Gasteiger partial charge on any atom is 0.417 e. The lowest BCUT2D eigenvalue weighted by Crippen LogP contribution is -2.10. The van der Waals surface area contributed by atoms with E-state index in [1.807, 2.05) is 0 Å². The third-order valence-corrected chi connectivity index (χ3v) is 2.19. The van der Waals surface area contributed by atoms with Crippen LogP contribution in [0.25, 0.3) is 5.57 Å². The first-order valence-corrected chi connectivity index (χ1v) is 4.82. The maximum absolute atomic E-state index is 13.5. The van der Waals surface area contributed by atoms with Gasteiger partial charge in [0.25, 0.3) is 0 Å². The number of benzene rings is 1. The van der Waals surface area contributed by atoms with Crippen LogP contribution >= 0.6 is 0 Å². The lowest BCUT2D eigenvalue weighted by Gasteiger charge is -2.14. The number of halogens is 4. The summed E-state index contributed by atoms with van der Waals surface area (Å²) in [5.41, 5.74) is 3.73. The third-order valence-electron chi connectivity index (χ3n) is 2.19. The first kappa shape index (κ1) is 13.3. The molecule has 1 nitrogen and oxygen atoms in total. The van der Waals surface area contributed by atoms with Gasteiger partial charge >= 0.3 is 6.18 Å². The zero-order chi connectivity index (χ0) is 13.1. The van der Waals surface area contributed by atoms with Crippen molar-refractivity contribution in [3.63, 3.8) is 0 Å². The summed E-state index contributed by atoms with van der Waals surface area (Å²) in [6.45, 7) is 1.52. The fourth-order valence-corrected chi connectivity index (χ4v) is 1.48. The third kappa shape index (κ3) is 2.87. The SMILES string of the molecule is C/C=C(\C=C/N)c1c(F)cccc1C(F)(F)F. The molecule has 0 bridgehead atoms. The molecule has 0 atom stereocenters. The minimum Gasteiger partial charge on any atom is -0.405 e. The van der Waals surface area contributed by atoms with Gasteiger partial charge in [0.05, 0.1) is 5.56 Å². The van der Waals surface area contributed by atoms with Crippen LogP contribution in [0.1, 0.15) is 18.1 Å². The van der Waals surface area contributed by atoms with E-state index in [2.05, 4.69) is 0 Å². The fraction of sp³-hybridized carbons (Fsp3) is 0.167. The molecule has 0 aliphatic heterocycles. The molecule has 0 aliphatic carbocycles. The zero-order valence-corrected chi connectivity index (χ0v) is 9.05. The average Bonchev–Trinajstić information content (AvgIpc) is 2.25. The molecular weight excluding hydrogens is 234 g/mol. The summed E-state index contributed by atoms with van der Waals surface area (Å²) in [5.74, 6) is -0.925. The van der Waals surface area contributed by atoms with E-state index in [9.17, 15) is 17.6 Å². The van der Waals surface area contributed by atoms with Crippen molar-refractivity contribution in [1.29, 1.82) is 0 Å². The van der Waals surface area contributed by atoms with Gasteiger partial charge in [-0.1, -0.05) is 12.1 Å². The molecule has 2 N–H and O–H groups in total. The van der Waals surface area contributed by atoms with Gasteiger partial charge in [-0.2, -0.15) is 13.2 Å². The Hall–Kier alpha value is -1.78. The largest absolute Gasteiger partial charge is 0.417 e. The molecule has 1 aromatic carbocycles. The van der Waals surface area contributed by atoms with E-state index in [0.717, 1.165) is 24.4 Å². The van der Waals surface area contributed by atoms with Gasteiger partial charge in [-0.25, -0.2) is 4.39 Å². The molecule has 1 aromatic rings. The highest BCUT2D eigenvalue weighted by Gasteiger charge is 2.34. The summed E-state index contributed by atoms with van der Waals surface area (Å²) >= 11 is 0. The van der Waals surface area contributed by atoms with Crippen molar-refractivity contribution >= 4 is 5.57 Å². The average molecular weight is 245 g/mol. The molecule has 0 aliphatic rings. The second-order valence-electron chi connectivity index (χ2n) is 3.26. The minimum atomic E-state index is -4.60. The highest BCUT2D eigenvalue weighted by molar-refractivity contribution is 5.76. The lowest BCUT2D eigenvalue weighted by molar-refractivity contribution is -0.137. The lowest BCUT2D eigenvalue weighted by atomic mass is 9.98. The van der Waals surface area contributed by atoms with Crippen LogP contribution in [0, 0.1) is 5.82 Å². The summed E-state index contributed by atoms with van der Waals surface area (Å²) in [6, 6.07) is 2.85. The van der Waals surface area contributed by atoms with Crippen molar-refractivity contribution in [2.45, 2.75) is 13.1 Å². The van der Waals surface area contributed by atoms with Crippen LogP contribution in [0.15, 0.2) is 36.6 Å². The van der Waals surface area contributed by atoms with Crippen molar-refractivity contribution in [3.8, 4) is 0 Å². The Morgan fingerprint density at radius 2 is 1.94 bits per heavy atom. The molecule has 0 aromatic heterocycles. The summed E-state index contributed by atoms with van der Waals surface area (Å²) < 4.78 is 51.7. The van der Waals surface area contributed by atoms with Gasteiger partial charge < -0.3 is 5.73 Å². The number of allylic oxidation sites excluding steroid dienone is 3. The Labute approximate surface area is 96.2 Å². The summed E-state index contributed by atoms with van der Waals surface area (Å²) in [4.78, 5) is 0. The molecule has 92 valence electrons. The highest BCUT2D eigenvalue weighted by atomic mass is 19.4. The van der Waals surface area contributed by atoms with Gasteiger partial charge in [-0.05, 0) is 36.9 Å². The minimum absolute atomic E-state index is 0.0953. The van der Waals surface area contributed by atoms with Gasteiger partial charge in [-0.3, -0.25) is 0 Å². The molecule has 0 fully saturated rings. The van der Waals surface area contributed by atoms with E-state index in [-0.39, 0.29) is 5.57 Å². The number of nitrogens with two attached hydrogens (primary N) is 1. The predicted molar refractivity (Wildman–Crippen MR) is 58.4 cm³/mol. The molecule has 1 rings (SSSR count). The van der Waals surface area contributed by atoms with E-state index in [1.165, 1.54) is 19.1 Å². The molecule has 0 amide bonds. The molecule has 0 heterocycles. The molecule has 5 heteroatoms. The Kier molecular flexibility index (Phi) is 3.93. The van der Waals surface area contributed by atoms with Gasteiger partial charge in [0.2, 0.25) is 0 Å². The number of alkyl halides is 3. The second-order valence-corrected chi connectivity index (χ2v) is 3.26. The van der Waals surface area contributed by atoms with Crippen LogP contribution < -0.4 is 5.73 Å². The summed E-state index contributed by atoms with van der Waals surface area (Å²) in [5, 5.41) is 0. The Balaban J connectivity index is 3.50. The van der Waals surface area contributed by atoms with Gasteiger partial charge in [0, 0.05) is 5.56 Å². The molecule has 0 radical (unpaired) electrons. The Morgan fingerprint density at radius 3 is 2.41 bits per heavy atom. The second kappa shape index (κ2) is 5.03. The topological polar surface area (TPSA) is 26.0 Å². The zero-order valence-electron chi connectivity index (χ0n) is 9.05. The monoisotopic (exact) mass is 245 g/mol. The van der Waals surface area contributed by atoms with Crippen molar-refractivity contribution in [1.82, 2.24) is 0 Å². The van der Waals surface area contributed by atoms with Gasteiger partial charge in [0.1, 0.15) is 5.82 Å². The summed E-state index contributed by atoms with van der Waals surface area (Å²) in [7, 11) is 0. The van der Waals surface area contributed by atoms with Crippen LogP contribution in [0.2, 0.25) is 0 Å². The molecule has 0 saturated carbocycles. The Morgan fingerprint density at radius 1 is 1.29 bits per heavy atom. The van der Waals surface area contributed by atoms with E-state index in [4.69, 9.17) is 5.73 Å². The summed E-state index contributed by atoms with van der Waals surface area (Å²) in [6.07, 6.45) is -0.930. The number of hydrogen-bond acceptors (Lipinski definition) is 1. The van der Waals surface area contributed by atoms with E-state index in [0.29, 0.717) is 0 Å². The fourth-order valence-electron chi connectivity index (χ4n) is 1.48. The van der Waals surface area contributed by atoms with Crippen molar-refractivity contribution in [3.05, 3.63) is 53.5 Å². The first-order chi connectivity index (χ1) is 7.91. The normalized spacial score (nSPS) is 13.4. The van der Waals surface area contributed by atoms with E-state index < -0.39 is 23.1 Å². The molecule has 17 heavy (non-hydrogen) atoms. The number of rotatable bonds is 2. The van der Waals surface area contributed by atoms with Crippen LogP contribution in [-0.2, 0) is 6.18 Å². The molecule has 0 unspecified atom stereocenters. The first-order valence-electron chi connectivity index (χ1n) is 4.82. The molecular formula is C12H11F4N. The smallest absolute Gasteiger partial charge is 0.405 e. The van der Waals surface area contributed by atoms with Crippen LogP contribution in [0.4, 0.5) is 17.6 Å². The van der Waals surface area contributed by atoms with E-state index in [1.54, 1.807) is 0 Å². The van der Waals surface area contributed by atoms with Crippen molar-refractivity contribution in [2.24, 2.45) is 5.73 Å². The molecule has 0 saturated heterocycles. The van der Waals surface area contributed by atoms with Crippen LogP contribution in [0.5, 0.6) is 0 Å². The van der Waals surface area contributed by atoms with Crippen LogP contribution in [0.3, 0.4) is 0 Å². The van der Waals surface area contributed by atoms with Crippen molar-refractivity contribution < 1.29 is 17.6 Å². The van der Waals surface area contributed by atoms with Gasteiger partial charge in [0.15, 0.2) is 0 Å². The van der Waals surface area contributed by atoms with E-state index >= 15 is 0 Å². The number of hydrogen-bond donors (Lipinski definition) is 1.